The van der Waals surface area contributed by atoms with Crippen LogP contribution in [0.5, 0.6) is 0 Å². The molecule has 1 aromatic heterocycles. The quantitative estimate of drug-likeness (QED) is 0.349. The summed E-state index contributed by atoms with van der Waals surface area (Å²) in [7, 11) is 0. The lowest BCUT2D eigenvalue weighted by Gasteiger charge is -2.45. The Hall–Kier alpha value is -3.05. The van der Waals surface area contributed by atoms with E-state index in [1.165, 1.54) is 0 Å². The Bertz CT molecular complexity index is 1180. The summed E-state index contributed by atoms with van der Waals surface area (Å²) in [4.78, 5) is 29.6. The van der Waals surface area contributed by atoms with Gasteiger partial charge in [0.15, 0.2) is 0 Å². The topological polar surface area (TPSA) is 54.3 Å². The predicted octanol–water partition coefficient (Wildman–Crippen LogP) is 6.35. The van der Waals surface area contributed by atoms with E-state index in [4.69, 9.17) is 11.6 Å². The second-order valence-corrected chi connectivity index (χ2v) is 10.3. The molecule has 4 rings (SSSR count). The highest BCUT2D eigenvalue weighted by atomic mass is 35.5. The Balaban J connectivity index is 1.69. The molecule has 1 aliphatic heterocycles. The number of aromatic nitrogens is 1. The van der Waals surface area contributed by atoms with Crippen LogP contribution in [0, 0.1) is 0 Å². The largest absolute Gasteiger partial charge is 0.351 e. The van der Waals surface area contributed by atoms with Crippen LogP contribution in [0.4, 0.5) is 0 Å². The number of hydrogen-bond donors (Lipinski definition) is 1. The second kappa shape index (κ2) is 11.3. The third kappa shape index (κ3) is 5.36. The van der Waals surface area contributed by atoms with Gasteiger partial charge < -0.3 is 14.8 Å². The first kappa shape index (κ1) is 26.0. The highest BCUT2D eigenvalue weighted by Crippen LogP contribution is 2.33. The van der Waals surface area contributed by atoms with Gasteiger partial charge in [-0.15, -0.1) is 0 Å². The third-order valence-corrected chi connectivity index (χ3v) is 7.46. The van der Waals surface area contributed by atoms with E-state index in [0.29, 0.717) is 30.2 Å². The van der Waals surface area contributed by atoms with Gasteiger partial charge in [0.2, 0.25) is 5.91 Å². The number of nitrogens with zero attached hydrogens (tertiary/aromatic N) is 2. The van der Waals surface area contributed by atoms with Gasteiger partial charge in [0.05, 0.1) is 6.54 Å². The molecule has 0 spiro atoms. The van der Waals surface area contributed by atoms with Gasteiger partial charge in [-0.1, -0.05) is 80.8 Å². The van der Waals surface area contributed by atoms with Gasteiger partial charge in [-0.2, -0.15) is 0 Å². The van der Waals surface area contributed by atoms with Crippen LogP contribution in [-0.2, 0) is 17.8 Å². The number of nitrogens with one attached hydrogen (secondary N) is 1. The van der Waals surface area contributed by atoms with Crippen molar-refractivity contribution in [3.63, 3.8) is 0 Å². The van der Waals surface area contributed by atoms with Crippen molar-refractivity contribution in [2.45, 2.75) is 71.0 Å². The maximum Gasteiger partial charge on any atom is 0.271 e. The summed E-state index contributed by atoms with van der Waals surface area (Å²) < 4.78 is 2.02. The molecule has 0 saturated carbocycles. The molecule has 36 heavy (non-hydrogen) atoms. The number of benzene rings is 2. The maximum atomic E-state index is 13.9. The summed E-state index contributed by atoms with van der Waals surface area (Å²) >= 11 is 6.06. The molecule has 0 radical (unpaired) electrons. The first-order valence-corrected chi connectivity index (χ1v) is 13.4. The number of carbonyl (C=O) groups excluding carboxylic acids is 2. The monoisotopic (exact) mass is 505 g/mol. The molecule has 6 heteroatoms. The molecule has 1 aliphatic rings. The van der Waals surface area contributed by atoms with Crippen LogP contribution >= 0.6 is 11.6 Å². The number of fused-ring (bicyclic) bond motifs is 1. The highest BCUT2D eigenvalue weighted by molar-refractivity contribution is 6.30. The van der Waals surface area contributed by atoms with E-state index in [9.17, 15) is 9.59 Å². The van der Waals surface area contributed by atoms with Crippen LogP contribution in [0.1, 0.15) is 62.5 Å². The van der Waals surface area contributed by atoms with E-state index in [0.717, 1.165) is 42.5 Å². The fourth-order valence-electron chi connectivity index (χ4n) is 5.20. The van der Waals surface area contributed by atoms with Crippen LogP contribution < -0.4 is 5.32 Å². The molecule has 0 saturated heterocycles. The second-order valence-electron chi connectivity index (χ2n) is 9.91. The molecule has 2 aromatic carbocycles. The Kier molecular flexibility index (Phi) is 8.20. The predicted molar refractivity (Wildman–Crippen MR) is 146 cm³/mol. The molecular weight excluding hydrogens is 470 g/mol. The van der Waals surface area contributed by atoms with Crippen molar-refractivity contribution in [3.8, 4) is 11.3 Å². The summed E-state index contributed by atoms with van der Waals surface area (Å²) in [6.45, 7) is 7.04. The van der Waals surface area contributed by atoms with E-state index in [1.807, 2.05) is 78.2 Å². The molecule has 2 heterocycles. The number of carbonyl (C=O) groups is 2. The average Bonchev–Trinajstić information content (AvgIpc) is 3.29. The fraction of sp³-hybridized carbons (Fsp3) is 0.400. The van der Waals surface area contributed by atoms with Crippen molar-refractivity contribution < 1.29 is 9.59 Å². The van der Waals surface area contributed by atoms with E-state index in [-0.39, 0.29) is 17.9 Å². The van der Waals surface area contributed by atoms with E-state index in [2.05, 4.69) is 19.2 Å². The molecule has 5 nitrogen and oxygen atoms in total. The van der Waals surface area contributed by atoms with Crippen molar-refractivity contribution in [2.75, 3.05) is 6.54 Å². The minimum Gasteiger partial charge on any atom is -0.351 e. The van der Waals surface area contributed by atoms with Gasteiger partial charge >= 0.3 is 0 Å². The van der Waals surface area contributed by atoms with Gasteiger partial charge in [-0.25, -0.2) is 0 Å². The average molecular weight is 506 g/mol. The highest BCUT2D eigenvalue weighted by Gasteiger charge is 2.47. The summed E-state index contributed by atoms with van der Waals surface area (Å²) in [5.41, 5.74) is 2.67. The van der Waals surface area contributed by atoms with Crippen LogP contribution in [0.15, 0.2) is 66.7 Å². The normalized spacial score (nSPS) is 17.4. The van der Waals surface area contributed by atoms with Gasteiger partial charge in [-0.3, -0.25) is 9.59 Å². The zero-order valence-electron chi connectivity index (χ0n) is 21.5. The van der Waals surface area contributed by atoms with Crippen molar-refractivity contribution in [1.82, 2.24) is 14.8 Å². The SMILES string of the molecule is CCCC(CCC)NC(=O)C1(C)Cn2c(ccc2-c2ccccc2)C(=O)N1CCc1ccc(Cl)cc1. The summed E-state index contributed by atoms with van der Waals surface area (Å²) in [6.07, 6.45) is 4.50. The Morgan fingerprint density at radius 3 is 2.25 bits per heavy atom. The Morgan fingerprint density at radius 2 is 1.61 bits per heavy atom. The molecule has 3 aromatic rings. The summed E-state index contributed by atoms with van der Waals surface area (Å²) in [6, 6.07) is 21.7. The van der Waals surface area contributed by atoms with Gasteiger partial charge in [0, 0.05) is 23.3 Å². The van der Waals surface area contributed by atoms with Gasteiger partial charge in [-0.05, 0) is 61.6 Å². The summed E-state index contributed by atoms with van der Waals surface area (Å²) in [5, 5.41) is 3.99. The smallest absolute Gasteiger partial charge is 0.271 e. The zero-order valence-corrected chi connectivity index (χ0v) is 22.2. The molecule has 190 valence electrons. The zero-order chi connectivity index (χ0) is 25.7. The molecule has 1 unspecified atom stereocenters. The molecule has 0 fully saturated rings. The number of hydrogen-bond acceptors (Lipinski definition) is 2. The lowest BCUT2D eigenvalue weighted by molar-refractivity contribution is -0.133. The van der Waals surface area contributed by atoms with Crippen molar-refractivity contribution >= 4 is 23.4 Å². The minimum absolute atomic E-state index is 0.0859. The van der Waals surface area contributed by atoms with Crippen LogP contribution in [-0.4, -0.2) is 39.4 Å². The standard InChI is InChI=1S/C30H36ClN3O2/c1-4-9-25(10-5-2)32-29(36)30(3)21-33-26(23-11-7-6-8-12-23)17-18-27(33)28(35)34(30)20-19-22-13-15-24(31)16-14-22/h6-8,11-18,25H,4-5,9-10,19-21H2,1-3H3,(H,32,36). The molecule has 2 amide bonds. The molecule has 1 N–H and O–H groups in total. The number of halogens is 1. The van der Waals surface area contributed by atoms with Crippen molar-refractivity contribution in [2.24, 2.45) is 0 Å². The minimum atomic E-state index is -1.02. The van der Waals surface area contributed by atoms with Gasteiger partial charge in [0.1, 0.15) is 11.2 Å². The molecular formula is C30H36ClN3O2. The van der Waals surface area contributed by atoms with E-state index >= 15 is 0 Å². The van der Waals surface area contributed by atoms with E-state index < -0.39 is 5.54 Å². The van der Waals surface area contributed by atoms with Crippen molar-refractivity contribution in [1.29, 1.82) is 0 Å². The van der Waals surface area contributed by atoms with Crippen LogP contribution in [0.2, 0.25) is 5.02 Å². The lowest BCUT2D eigenvalue weighted by Crippen LogP contribution is -2.65. The Labute approximate surface area is 219 Å². The fourth-order valence-corrected chi connectivity index (χ4v) is 5.33. The first-order chi connectivity index (χ1) is 17.4. The number of amides is 2. The number of rotatable bonds is 10. The van der Waals surface area contributed by atoms with Crippen LogP contribution in [0.25, 0.3) is 11.3 Å². The molecule has 1 atom stereocenters. The van der Waals surface area contributed by atoms with Crippen molar-refractivity contribution in [3.05, 3.63) is 83.0 Å². The van der Waals surface area contributed by atoms with E-state index in [1.54, 1.807) is 4.90 Å². The molecule has 0 bridgehead atoms. The Morgan fingerprint density at radius 1 is 0.972 bits per heavy atom. The summed E-state index contributed by atoms with van der Waals surface area (Å²) in [5.74, 6) is -0.199. The maximum absolute atomic E-state index is 13.9. The lowest BCUT2D eigenvalue weighted by atomic mass is 9.92. The first-order valence-electron chi connectivity index (χ1n) is 13.0. The van der Waals surface area contributed by atoms with Gasteiger partial charge in [0.25, 0.3) is 5.91 Å². The third-order valence-electron chi connectivity index (χ3n) is 7.21. The van der Waals surface area contributed by atoms with Crippen LogP contribution in [0.3, 0.4) is 0 Å². The molecule has 0 aliphatic carbocycles.